The minimum Gasteiger partial charge on any atom is -0.493 e. The van der Waals surface area contributed by atoms with Crippen molar-refractivity contribution >= 4 is 11.6 Å². The molecule has 1 saturated heterocycles. The van der Waals surface area contributed by atoms with Gasteiger partial charge in [-0.1, -0.05) is 17.3 Å². The first-order valence-electron chi connectivity index (χ1n) is 9.27. The smallest absolute Gasteiger partial charge is 0.260 e. The van der Waals surface area contributed by atoms with Crippen molar-refractivity contribution < 1.29 is 23.5 Å². The lowest BCUT2D eigenvalue weighted by Crippen LogP contribution is -2.27. The maximum absolute atomic E-state index is 12.4. The van der Waals surface area contributed by atoms with Gasteiger partial charge in [-0.05, 0) is 43.2 Å². The van der Waals surface area contributed by atoms with E-state index in [0.717, 1.165) is 18.4 Å². The molecule has 1 unspecified atom stereocenters. The first-order chi connectivity index (χ1) is 14.2. The second-order valence-corrected chi connectivity index (χ2v) is 6.53. The summed E-state index contributed by atoms with van der Waals surface area (Å²) in [4.78, 5) is 16.9. The molecule has 0 spiro atoms. The van der Waals surface area contributed by atoms with Crippen molar-refractivity contribution in [2.75, 3.05) is 26.1 Å². The van der Waals surface area contributed by atoms with Crippen LogP contribution in [0.2, 0.25) is 0 Å². The van der Waals surface area contributed by atoms with Crippen molar-refractivity contribution in [3.8, 4) is 34.3 Å². The zero-order valence-corrected chi connectivity index (χ0v) is 16.2. The van der Waals surface area contributed by atoms with E-state index in [4.69, 9.17) is 18.7 Å². The van der Waals surface area contributed by atoms with Crippen molar-refractivity contribution in [3.05, 3.63) is 42.5 Å². The molecule has 2 heterocycles. The Morgan fingerprint density at radius 2 is 1.97 bits per heavy atom. The highest BCUT2D eigenvalue weighted by molar-refractivity contribution is 5.97. The Bertz CT molecular complexity index is 1010. The number of hydrogen-bond acceptors (Lipinski definition) is 7. The quantitative estimate of drug-likeness (QED) is 0.682. The van der Waals surface area contributed by atoms with Gasteiger partial charge in [0.15, 0.2) is 11.5 Å². The number of rotatable bonds is 6. The average Bonchev–Trinajstić information content (AvgIpc) is 3.46. The van der Waals surface area contributed by atoms with E-state index in [9.17, 15) is 4.79 Å². The van der Waals surface area contributed by atoms with Crippen LogP contribution in [0.15, 0.2) is 47.0 Å². The van der Waals surface area contributed by atoms with E-state index in [-0.39, 0.29) is 5.91 Å². The van der Waals surface area contributed by atoms with Crippen molar-refractivity contribution in [2.45, 2.75) is 18.9 Å². The molecular formula is C21H21N3O5. The SMILES string of the molecule is COc1ccc(-c2noc(-c3ccccc3NC(=O)C3CCCO3)n2)cc1OC. The topological polar surface area (TPSA) is 95.7 Å². The summed E-state index contributed by atoms with van der Waals surface area (Å²) >= 11 is 0. The molecule has 1 aromatic heterocycles. The molecular weight excluding hydrogens is 374 g/mol. The number of para-hydroxylation sites is 1. The average molecular weight is 395 g/mol. The third-order valence-corrected chi connectivity index (χ3v) is 4.71. The van der Waals surface area contributed by atoms with E-state index in [0.29, 0.717) is 41.1 Å². The van der Waals surface area contributed by atoms with Gasteiger partial charge in [0.25, 0.3) is 11.8 Å². The third-order valence-electron chi connectivity index (χ3n) is 4.71. The second-order valence-electron chi connectivity index (χ2n) is 6.53. The maximum atomic E-state index is 12.4. The molecule has 3 aromatic rings. The van der Waals surface area contributed by atoms with Gasteiger partial charge in [-0.25, -0.2) is 0 Å². The van der Waals surface area contributed by atoms with Crippen LogP contribution >= 0.6 is 0 Å². The molecule has 0 aliphatic carbocycles. The monoisotopic (exact) mass is 395 g/mol. The molecule has 29 heavy (non-hydrogen) atoms. The van der Waals surface area contributed by atoms with Gasteiger partial charge in [0.1, 0.15) is 6.10 Å². The summed E-state index contributed by atoms with van der Waals surface area (Å²) in [7, 11) is 3.14. The minimum atomic E-state index is -0.423. The maximum Gasteiger partial charge on any atom is 0.260 e. The molecule has 8 heteroatoms. The van der Waals surface area contributed by atoms with Crippen LogP contribution in [0.3, 0.4) is 0 Å². The van der Waals surface area contributed by atoms with Crippen LogP contribution in [0.25, 0.3) is 22.8 Å². The molecule has 4 rings (SSSR count). The van der Waals surface area contributed by atoms with E-state index in [1.807, 2.05) is 24.3 Å². The number of ether oxygens (including phenoxy) is 3. The molecule has 1 aliphatic heterocycles. The van der Waals surface area contributed by atoms with E-state index < -0.39 is 6.10 Å². The molecule has 1 fully saturated rings. The fourth-order valence-corrected chi connectivity index (χ4v) is 3.20. The number of amides is 1. The van der Waals surface area contributed by atoms with E-state index in [1.165, 1.54) is 0 Å². The zero-order valence-electron chi connectivity index (χ0n) is 16.2. The first kappa shape index (κ1) is 18.9. The summed E-state index contributed by atoms with van der Waals surface area (Å²) in [5.74, 6) is 1.72. The Kier molecular flexibility index (Phi) is 5.44. The summed E-state index contributed by atoms with van der Waals surface area (Å²) in [6.45, 7) is 0.609. The van der Waals surface area contributed by atoms with Gasteiger partial charge in [-0.15, -0.1) is 0 Å². The molecule has 1 atom stereocenters. The predicted molar refractivity (Wildman–Crippen MR) is 106 cm³/mol. The lowest BCUT2D eigenvalue weighted by Gasteiger charge is -2.12. The number of aromatic nitrogens is 2. The van der Waals surface area contributed by atoms with Crippen molar-refractivity contribution in [2.24, 2.45) is 0 Å². The van der Waals surface area contributed by atoms with Crippen LogP contribution < -0.4 is 14.8 Å². The Balaban J connectivity index is 1.61. The number of carbonyl (C=O) groups is 1. The van der Waals surface area contributed by atoms with E-state index >= 15 is 0 Å². The summed E-state index contributed by atoms with van der Waals surface area (Å²) < 4.78 is 21.5. The third kappa shape index (κ3) is 3.93. The molecule has 2 aromatic carbocycles. The van der Waals surface area contributed by atoms with Crippen molar-refractivity contribution in [1.29, 1.82) is 0 Å². The Morgan fingerprint density at radius 3 is 2.72 bits per heavy atom. The fraction of sp³-hybridized carbons (Fsp3) is 0.286. The van der Waals surface area contributed by atoms with Crippen molar-refractivity contribution in [1.82, 2.24) is 10.1 Å². The first-order valence-corrected chi connectivity index (χ1v) is 9.27. The number of benzene rings is 2. The number of anilines is 1. The second kappa shape index (κ2) is 8.32. The van der Waals surface area contributed by atoms with Crippen LogP contribution in [0.5, 0.6) is 11.5 Å². The molecule has 150 valence electrons. The molecule has 0 saturated carbocycles. The summed E-state index contributed by atoms with van der Waals surface area (Å²) in [5, 5.41) is 6.98. The van der Waals surface area contributed by atoms with Gasteiger partial charge in [-0.2, -0.15) is 4.98 Å². The Labute approximate surface area is 167 Å². The highest BCUT2D eigenvalue weighted by Crippen LogP contribution is 2.33. The molecule has 0 bridgehead atoms. The molecule has 8 nitrogen and oxygen atoms in total. The number of nitrogens with zero attached hydrogens (tertiary/aromatic N) is 2. The van der Waals surface area contributed by atoms with E-state index in [1.54, 1.807) is 32.4 Å². The highest BCUT2D eigenvalue weighted by atomic mass is 16.5. The van der Waals surface area contributed by atoms with Crippen molar-refractivity contribution in [3.63, 3.8) is 0 Å². The predicted octanol–water partition coefficient (Wildman–Crippen LogP) is 3.54. The molecule has 1 amide bonds. The van der Waals surface area contributed by atoms with Gasteiger partial charge in [0.2, 0.25) is 5.82 Å². The summed E-state index contributed by atoms with van der Waals surface area (Å²) in [6, 6.07) is 12.7. The van der Waals surface area contributed by atoms with E-state index in [2.05, 4.69) is 15.5 Å². The minimum absolute atomic E-state index is 0.172. The lowest BCUT2D eigenvalue weighted by atomic mass is 10.1. The van der Waals surface area contributed by atoms with Gasteiger partial charge in [0, 0.05) is 12.2 Å². The Hall–Kier alpha value is -3.39. The van der Waals surface area contributed by atoms with Gasteiger partial charge >= 0.3 is 0 Å². The van der Waals surface area contributed by atoms with Gasteiger partial charge in [0.05, 0.1) is 25.5 Å². The Morgan fingerprint density at radius 1 is 1.14 bits per heavy atom. The lowest BCUT2D eigenvalue weighted by molar-refractivity contribution is -0.124. The van der Waals surface area contributed by atoms with Crippen LogP contribution in [0, 0.1) is 0 Å². The summed E-state index contributed by atoms with van der Waals surface area (Å²) in [5.41, 5.74) is 1.95. The molecule has 0 radical (unpaired) electrons. The normalized spacial score (nSPS) is 15.9. The molecule has 1 aliphatic rings. The summed E-state index contributed by atoms with van der Waals surface area (Å²) in [6.07, 6.45) is 1.18. The largest absolute Gasteiger partial charge is 0.493 e. The number of carbonyl (C=O) groups excluding carboxylic acids is 1. The molecule has 1 N–H and O–H groups in total. The van der Waals surface area contributed by atoms with Crippen LogP contribution in [0.1, 0.15) is 12.8 Å². The number of methoxy groups -OCH3 is 2. The standard InChI is InChI=1S/C21H21N3O5/c1-26-16-10-9-13(12-18(16)27-2)19-23-21(29-24-19)14-6-3-4-7-15(14)22-20(25)17-8-5-11-28-17/h3-4,6-7,9-10,12,17H,5,8,11H2,1-2H3,(H,22,25). The van der Waals surface area contributed by atoms with Gasteiger partial charge < -0.3 is 24.1 Å². The van der Waals surface area contributed by atoms with Gasteiger partial charge in [-0.3, -0.25) is 4.79 Å². The van der Waals surface area contributed by atoms with Crippen LogP contribution in [-0.2, 0) is 9.53 Å². The number of nitrogens with one attached hydrogen (secondary N) is 1. The fourth-order valence-electron chi connectivity index (χ4n) is 3.20. The zero-order chi connectivity index (χ0) is 20.2. The highest BCUT2D eigenvalue weighted by Gasteiger charge is 2.25. The van der Waals surface area contributed by atoms with Crippen LogP contribution in [-0.4, -0.2) is 43.0 Å². The number of hydrogen-bond donors (Lipinski definition) is 1. The van der Waals surface area contributed by atoms with Crippen LogP contribution in [0.4, 0.5) is 5.69 Å².